The number of nitrogens with one attached hydrogen (secondary N) is 1. The molecule has 1 N–H and O–H groups in total. The molecule has 0 radical (unpaired) electrons. The lowest BCUT2D eigenvalue weighted by Crippen LogP contribution is -2.26. The predicted molar refractivity (Wildman–Crippen MR) is 119 cm³/mol. The maximum atomic E-state index is 12.9. The summed E-state index contributed by atoms with van der Waals surface area (Å²) >= 11 is 2.77. The van der Waals surface area contributed by atoms with Crippen molar-refractivity contribution in [3.8, 4) is 0 Å². The third-order valence-electron chi connectivity index (χ3n) is 4.78. The Kier molecular flexibility index (Phi) is 6.24. The number of ketones is 1. The molecule has 6 nitrogen and oxygen atoms in total. The highest BCUT2D eigenvalue weighted by molar-refractivity contribution is 8.00. The van der Waals surface area contributed by atoms with Crippen molar-refractivity contribution in [2.45, 2.75) is 51.6 Å². The number of Topliss-reactive ketones (excluding diaryl/α,β-unsaturated/α-hetero) is 1. The minimum Gasteiger partial charge on any atom is -0.325 e. The van der Waals surface area contributed by atoms with Gasteiger partial charge in [-0.15, -0.1) is 11.3 Å². The summed E-state index contributed by atoms with van der Waals surface area (Å²) in [4.78, 5) is 43.4. The van der Waals surface area contributed by atoms with Gasteiger partial charge in [-0.05, 0) is 64.4 Å². The van der Waals surface area contributed by atoms with E-state index in [-0.39, 0.29) is 17.2 Å². The van der Waals surface area contributed by atoms with Gasteiger partial charge in [0, 0.05) is 22.7 Å². The molecule has 152 valence electrons. The van der Waals surface area contributed by atoms with Crippen LogP contribution in [0, 0.1) is 13.8 Å². The number of anilines is 1. The van der Waals surface area contributed by atoms with Crippen molar-refractivity contribution in [1.82, 2.24) is 9.55 Å². The molecular formula is C21H23N3O3S2. The quantitative estimate of drug-likeness (QED) is 0.356. The predicted octanol–water partition coefficient (Wildman–Crippen LogP) is 4.42. The fourth-order valence-electron chi connectivity index (χ4n) is 2.92. The zero-order valence-electron chi connectivity index (χ0n) is 17.0. The van der Waals surface area contributed by atoms with E-state index in [1.807, 2.05) is 20.8 Å². The molecular weight excluding hydrogens is 406 g/mol. The van der Waals surface area contributed by atoms with Gasteiger partial charge in [-0.1, -0.05) is 11.8 Å². The molecule has 0 saturated carbocycles. The molecule has 0 spiro atoms. The van der Waals surface area contributed by atoms with Crippen molar-refractivity contribution < 1.29 is 9.59 Å². The summed E-state index contributed by atoms with van der Waals surface area (Å²) in [6.07, 6.45) is 0. The number of hydrogen-bond donors (Lipinski definition) is 1. The summed E-state index contributed by atoms with van der Waals surface area (Å²) in [5, 5.41) is 3.61. The smallest absolute Gasteiger partial charge is 0.263 e. The van der Waals surface area contributed by atoms with Crippen LogP contribution in [0.5, 0.6) is 0 Å². The van der Waals surface area contributed by atoms with Gasteiger partial charge < -0.3 is 5.32 Å². The Hall–Kier alpha value is -2.45. The van der Waals surface area contributed by atoms with E-state index >= 15 is 0 Å². The molecule has 1 amide bonds. The van der Waals surface area contributed by atoms with E-state index in [0.717, 1.165) is 10.4 Å². The second kappa shape index (κ2) is 8.51. The van der Waals surface area contributed by atoms with Gasteiger partial charge in [0.2, 0.25) is 5.91 Å². The molecule has 8 heteroatoms. The first-order chi connectivity index (χ1) is 13.7. The van der Waals surface area contributed by atoms with Crippen LogP contribution in [-0.2, 0) is 11.3 Å². The third-order valence-corrected chi connectivity index (χ3v) is 6.97. The van der Waals surface area contributed by atoms with Crippen molar-refractivity contribution in [2.24, 2.45) is 0 Å². The number of aryl methyl sites for hydroxylation is 2. The normalized spacial score (nSPS) is 12.2. The number of rotatable bonds is 6. The van der Waals surface area contributed by atoms with Crippen LogP contribution in [0.15, 0.2) is 34.2 Å². The first kappa shape index (κ1) is 21.3. The van der Waals surface area contributed by atoms with Gasteiger partial charge >= 0.3 is 0 Å². The Morgan fingerprint density at radius 1 is 1.24 bits per heavy atom. The second-order valence-corrected chi connectivity index (χ2v) is 9.30. The van der Waals surface area contributed by atoms with Crippen molar-refractivity contribution in [2.75, 3.05) is 5.32 Å². The van der Waals surface area contributed by atoms with E-state index in [2.05, 4.69) is 10.3 Å². The van der Waals surface area contributed by atoms with Gasteiger partial charge in [-0.2, -0.15) is 0 Å². The largest absolute Gasteiger partial charge is 0.325 e. The van der Waals surface area contributed by atoms with Gasteiger partial charge in [-0.3, -0.25) is 19.0 Å². The maximum Gasteiger partial charge on any atom is 0.263 e. The maximum absolute atomic E-state index is 12.9. The molecule has 0 aliphatic carbocycles. The topological polar surface area (TPSA) is 81.1 Å². The first-order valence-corrected chi connectivity index (χ1v) is 11.0. The van der Waals surface area contributed by atoms with Crippen LogP contribution in [0.1, 0.15) is 41.6 Å². The van der Waals surface area contributed by atoms with E-state index in [0.29, 0.717) is 33.2 Å². The second-order valence-electron chi connectivity index (χ2n) is 6.79. The Labute approximate surface area is 177 Å². The Morgan fingerprint density at radius 3 is 2.48 bits per heavy atom. The number of thiophene rings is 1. The number of fused-ring (bicyclic) bond motifs is 1. The Bertz CT molecular complexity index is 1150. The van der Waals surface area contributed by atoms with Gasteiger partial charge in [-0.25, -0.2) is 4.98 Å². The molecule has 3 rings (SSSR count). The van der Waals surface area contributed by atoms with Gasteiger partial charge in [0.25, 0.3) is 5.56 Å². The molecule has 29 heavy (non-hydrogen) atoms. The lowest BCUT2D eigenvalue weighted by molar-refractivity contribution is -0.115. The van der Waals surface area contributed by atoms with Crippen LogP contribution in [0.4, 0.5) is 5.69 Å². The highest BCUT2D eigenvalue weighted by Crippen LogP contribution is 2.30. The molecule has 0 aliphatic rings. The number of thioether (sulfide) groups is 1. The molecule has 1 aromatic carbocycles. The molecule has 2 aromatic heterocycles. The van der Waals surface area contributed by atoms with Crippen molar-refractivity contribution in [3.05, 3.63) is 50.6 Å². The minimum absolute atomic E-state index is 0.0233. The summed E-state index contributed by atoms with van der Waals surface area (Å²) in [6.45, 7) is 9.59. The van der Waals surface area contributed by atoms with Crippen LogP contribution < -0.4 is 10.9 Å². The number of hydrogen-bond acceptors (Lipinski definition) is 6. The third kappa shape index (κ3) is 4.28. The molecule has 0 fully saturated rings. The standard InChI is InChI=1S/C21H23N3O3S2/c1-6-24-20(27)17-11(2)13(4)28-19(17)23-21(24)29-14(5)18(26)22-16-9-7-15(8-10-16)12(3)25/h7-10,14H,6H2,1-5H3,(H,22,26). The molecule has 0 bridgehead atoms. The van der Waals surface area contributed by atoms with Crippen LogP contribution >= 0.6 is 23.1 Å². The number of carbonyl (C=O) groups excluding carboxylic acids is 2. The number of nitrogens with zero attached hydrogens (tertiary/aromatic N) is 2. The number of aromatic nitrogens is 2. The molecule has 0 aliphatic heterocycles. The number of amides is 1. The minimum atomic E-state index is -0.452. The average molecular weight is 430 g/mol. The Balaban J connectivity index is 1.83. The fraction of sp³-hybridized carbons (Fsp3) is 0.333. The van der Waals surface area contributed by atoms with Gasteiger partial charge in [0.05, 0.1) is 10.6 Å². The van der Waals surface area contributed by atoms with Crippen molar-refractivity contribution in [3.63, 3.8) is 0 Å². The van der Waals surface area contributed by atoms with Crippen LogP contribution in [-0.4, -0.2) is 26.5 Å². The van der Waals surface area contributed by atoms with Crippen LogP contribution in [0.25, 0.3) is 10.2 Å². The summed E-state index contributed by atoms with van der Waals surface area (Å²) in [6, 6.07) is 6.77. The van der Waals surface area contributed by atoms with E-state index in [1.54, 1.807) is 35.8 Å². The summed E-state index contributed by atoms with van der Waals surface area (Å²) in [5.41, 5.74) is 2.13. The average Bonchev–Trinajstić information content (AvgIpc) is 2.96. The van der Waals surface area contributed by atoms with Gasteiger partial charge in [0.1, 0.15) is 4.83 Å². The fourth-order valence-corrected chi connectivity index (χ4v) is 4.96. The molecule has 1 atom stereocenters. The van der Waals surface area contributed by atoms with Gasteiger partial charge in [0.15, 0.2) is 10.9 Å². The number of benzene rings is 1. The van der Waals surface area contributed by atoms with E-state index in [9.17, 15) is 14.4 Å². The highest BCUT2D eigenvalue weighted by atomic mass is 32.2. The van der Waals surface area contributed by atoms with E-state index in [1.165, 1.54) is 30.0 Å². The summed E-state index contributed by atoms with van der Waals surface area (Å²) in [7, 11) is 0. The number of carbonyl (C=O) groups is 2. The molecule has 3 aromatic rings. The SMILES string of the molecule is CCn1c(SC(C)C(=O)Nc2ccc(C(C)=O)cc2)nc2sc(C)c(C)c2c1=O. The molecule has 2 heterocycles. The lowest BCUT2D eigenvalue weighted by Gasteiger charge is -2.15. The summed E-state index contributed by atoms with van der Waals surface area (Å²) < 4.78 is 1.62. The molecule has 1 unspecified atom stereocenters. The highest BCUT2D eigenvalue weighted by Gasteiger charge is 2.21. The lowest BCUT2D eigenvalue weighted by atomic mass is 10.1. The van der Waals surface area contributed by atoms with Crippen molar-refractivity contribution in [1.29, 1.82) is 0 Å². The monoisotopic (exact) mass is 429 g/mol. The van der Waals surface area contributed by atoms with Crippen molar-refractivity contribution >= 4 is 50.7 Å². The van der Waals surface area contributed by atoms with E-state index in [4.69, 9.17) is 0 Å². The summed E-state index contributed by atoms with van der Waals surface area (Å²) in [5.74, 6) is -0.217. The van der Waals surface area contributed by atoms with Crippen LogP contribution in [0.2, 0.25) is 0 Å². The van der Waals surface area contributed by atoms with Crippen LogP contribution in [0.3, 0.4) is 0 Å². The zero-order valence-corrected chi connectivity index (χ0v) is 18.7. The molecule has 0 saturated heterocycles. The first-order valence-electron chi connectivity index (χ1n) is 9.32. The Morgan fingerprint density at radius 2 is 1.90 bits per heavy atom. The van der Waals surface area contributed by atoms with E-state index < -0.39 is 5.25 Å². The zero-order chi connectivity index (χ0) is 21.3.